The molecule has 0 unspecified atom stereocenters. The molecule has 0 atom stereocenters. The molecule has 6 heteroatoms. The van der Waals surface area contributed by atoms with Crippen molar-refractivity contribution in [2.24, 2.45) is 0 Å². The second kappa shape index (κ2) is 7.64. The van der Waals surface area contributed by atoms with Crippen LogP contribution < -0.4 is 10.1 Å². The minimum atomic E-state index is -0.455. The number of aromatic nitrogens is 1. The summed E-state index contributed by atoms with van der Waals surface area (Å²) in [7, 11) is 1.32. The Morgan fingerprint density at radius 1 is 1.12 bits per heavy atom. The van der Waals surface area contributed by atoms with E-state index in [2.05, 4.69) is 10.3 Å². The molecule has 1 heterocycles. The molecule has 1 aliphatic carbocycles. The van der Waals surface area contributed by atoms with Crippen LogP contribution in [0.4, 0.5) is 5.69 Å². The Morgan fingerprint density at radius 3 is 2.38 bits per heavy atom. The Morgan fingerprint density at radius 2 is 1.77 bits per heavy atom. The quantitative estimate of drug-likeness (QED) is 0.794. The van der Waals surface area contributed by atoms with Gasteiger partial charge in [-0.2, -0.15) is 0 Å². The zero-order chi connectivity index (χ0) is 18.7. The first-order valence-corrected chi connectivity index (χ1v) is 8.85. The summed E-state index contributed by atoms with van der Waals surface area (Å²) in [5.74, 6) is 0.0590. The summed E-state index contributed by atoms with van der Waals surface area (Å²) in [6.45, 7) is 3.47. The van der Waals surface area contributed by atoms with Crippen molar-refractivity contribution in [3.63, 3.8) is 0 Å². The zero-order valence-electron chi connectivity index (χ0n) is 15.3. The first-order valence-electron chi connectivity index (χ1n) is 8.85. The van der Waals surface area contributed by atoms with Gasteiger partial charge in [-0.25, -0.2) is 4.79 Å². The van der Waals surface area contributed by atoms with Gasteiger partial charge in [-0.05, 0) is 69.4 Å². The summed E-state index contributed by atoms with van der Waals surface area (Å²) < 4.78 is 10.7. The summed E-state index contributed by atoms with van der Waals surface area (Å²) in [5.41, 5.74) is 2.61. The minimum absolute atomic E-state index is 0.301. The number of ether oxygens (including phenoxy) is 2. The number of rotatable bonds is 5. The standard InChI is InChI=1S/C20H24N2O4/c1-12-17(20(24)25-3)13(2)21-18(12)19(23)22-14-8-10-16(11-9-14)26-15-6-4-5-7-15/h8-11,15,21H,4-7H2,1-3H3,(H,22,23). The largest absolute Gasteiger partial charge is 0.490 e. The number of carbonyl (C=O) groups excluding carboxylic acids is 2. The highest BCUT2D eigenvalue weighted by Crippen LogP contribution is 2.25. The lowest BCUT2D eigenvalue weighted by molar-refractivity contribution is 0.0599. The molecular weight excluding hydrogens is 332 g/mol. The van der Waals surface area contributed by atoms with Crippen LogP contribution in [0.15, 0.2) is 24.3 Å². The van der Waals surface area contributed by atoms with Crippen LogP contribution in [0.5, 0.6) is 5.75 Å². The lowest BCUT2D eigenvalue weighted by Gasteiger charge is -2.13. The average Bonchev–Trinajstić information content (AvgIpc) is 3.24. The lowest BCUT2D eigenvalue weighted by atomic mass is 10.1. The second-order valence-corrected chi connectivity index (χ2v) is 6.62. The summed E-state index contributed by atoms with van der Waals surface area (Å²) in [4.78, 5) is 27.4. The van der Waals surface area contributed by atoms with Gasteiger partial charge in [0, 0.05) is 11.4 Å². The molecule has 0 spiro atoms. The maximum absolute atomic E-state index is 12.5. The van der Waals surface area contributed by atoms with Gasteiger partial charge >= 0.3 is 5.97 Å². The molecule has 26 heavy (non-hydrogen) atoms. The van der Waals surface area contributed by atoms with Gasteiger partial charge in [0.1, 0.15) is 11.4 Å². The van der Waals surface area contributed by atoms with Gasteiger partial charge < -0.3 is 19.8 Å². The molecular formula is C20H24N2O4. The molecule has 1 amide bonds. The van der Waals surface area contributed by atoms with Crippen LogP contribution in [0.2, 0.25) is 0 Å². The van der Waals surface area contributed by atoms with Crippen LogP contribution in [0.1, 0.15) is 57.8 Å². The van der Waals surface area contributed by atoms with Gasteiger partial charge in [0.2, 0.25) is 0 Å². The van der Waals surface area contributed by atoms with Crippen molar-refractivity contribution in [1.82, 2.24) is 4.98 Å². The Balaban J connectivity index is 1.69. The fraction of sp³-hybridized carbons (Fsp3) is 0.400. The molecule has 2 aromatic rings. The number of aryl methyl sites for hydroxylation is 1. The van der Waals surface area contributed by atoms with Gasteiger partial charge in [-0.1, -0.05) is 0 Å². The first kappa shape index (κ1) is 18.0. The van der Waals surface area contributed by atoms with Crippen molar-refractivity contribution < 1.29 is 19.1 Å². The summed E-state index contributed by atoms with van der Waals surface area (Å²) in [6.07, 6.45) is 4.96. The van der Waals surface area contributed by atoms with Crippen LogP contribution in [0.25, 0.3) is 0 Å². The predicted molar refractivity (Wildman–Crippen MR) is 98.9 cm³/mol. The normalized spacial score (nSPS) is 14.3. The van der Waals surface area contributed by atoms with Crippen molar-refractivity contribution in [2.75, 3.05) is 12.4 Å². The third-order valence-electron chi connectivity index (χ3n) is 4.77. The van der Waals surface area contributed by atoms with Crippen molar-refractivity contribution in [2.45, 2.75) is 45.6 Å². The molecule has 138 valence electrons. The number of carbonyl (C=O) groups is 2. The molecule has 0 saturated heterocycles. The number of anilines is 1. The maximum Gasteiger partial charge on any atom is 0.339 e. The average molecular weight is 356 g/mol. The van der Waals surface area contributed by atoms with E-state index in [9.17, 15) is 9.59 Å². The third kappa shape index (κ3) is 3.74. The molecule has 3 rings (SSSR count). The summed E-state index contributed by atoms with van der Waals surface area (Å²) in [6, 6.07) is 7.35. The van der Waals surface area contributed by atoms with Gasteiger partial charge in [0.05, 0.1) is 18.8 Å². The Labute approximate surface area is 152 Å². The smallest absolute Gasteiger partial charge is 0.339 e. The molecule has 0 radical (unpaired) electrons. The number of aromatic amines is 1. The molecule has 0 bridgehead atoms. The molecule has 2 N–H and O–H groups in total. The van der Waals surface area contributed by atoms with Gasteiger partial charge in [-0.3, -0.25) is 4.79 Å². The Bertz CT molecular complexity index is 802. The SMILES string of the molecule is COC(=O)c1c(C)[nH]c(C(=O)Nc2ccc(OC3CCCC3)cc2)c1C. The predicted octanol–water partition coefficient (Wildman–Crippen LogP) is 3.99. The zero-order valence-corrected chi connectivity index (χ0v) is 15.3. The highest BCUT2D eigenvalue weighted by atomic mass is 16.5. The first-order chi connectivity index (χ1) is 12.5. The maximum atomic E-state index is 12.5. The number of H-pyrrole nitrogens is 1. The molecule has 1 aliphatic rings. The van der Waals surface area contributed by atoms with Gasteiger partial charge in [0.15, 0.2) is 0 Å². The second-order valence-electron chi connectivity index (χ2n) is 6.62. The number of benzene rings is 1. The van der Waals surface area contributed by atoms with E-state index in [1.165, 1.54) is 20.0 Å². The highest BCUT2D eigenvalue weighted by Gasteiger charge is 2.22. The molecule has 6 nitrogen and oxygen atoms in total. The number of hydrogen-bond acceptors (Lipinski definition) is 4. The molecule has 1 fully saturated rings. The number of esters is 1. The van der Waals surface area contributed by atoms with Crippen LogP contribution in [-0.2, 0) is 4.74 Å². The topological polar surface area (TPSA) is 80.4 Å². The van der Waals surface area contributed by atoms with E-state index < -0.39 is 5.97 Å². The van der Waals surface area contributed by atoms with Crippen LogP contribution >= 0.6 is 0 Å². The lowest BCUT2D eigenvalue weighted by Crippen LogP contribution is -2.14. The van der Waals surface area contributed by atoms with Crippen molar-refractivity contribution in [3.8, 4) is 5.75 Å². The fourth-order valence-corrected chi connectivity index (χ4v) is 3.39. The van der Waals surface area contributed by atoms with E-state index in [0.29, 0.717) is 34.3 Å². The summed E-state index contributed by atoms with van der Waals surface area (Å²) in [5, 5.41) is 2.84. The van der Waals surface area contributed by atoms with E-state index in [-0.39, 0.29) is 5.91 Å². The minimum Gasteiger partial charge on any atom is -0.490 e. The van der Waals surface area contributed by atoms with Crippen molar-refractivity contribution >= 4 is 17.6 Å². The molecule has 1 saturated carbocycles. The van der Waals surface area contributed by atoms with Crippen LogP contribution in [-0.4, -0.2) is 30.1 Å². The number of methoxy groups -OCH3 is 1. The molecule has 0 aliphatic heterocycles. The van der Waals surface area contributed by atoms with Crippen molar-refractivity contribution in [1.29, 1.82) is 0 Å². The van der Waals surface area contributed by atoms with Crippen molar-refractivity contribution in [3.05, 3.63) is 46.8 Å². The van der Waals surface area contributed by atoms with Crippen LogP contribution in [0.3, 0.4) is 0 Å². The van der Waals surface area contributed by atoms with Crippen LogP contribution in [0, 0.1) is 13.8 Å². The van der Waals surface area contributed by atoms with Gasteiger partial charge in [-0.15, -0.1) is 0 Å². The monoisotopic (exact) mass is 356 g/mol. The Hall–Kier alpha value is -2.76. The van der Waals surface area contributed by atoms with E-state index in [4.69, 9.17) is 9.47 Å². The van der Waals surface area contributed by atoms with E-state index >= 15 is 0 Å². The van der Waals surface area contributed by atoms with E-state index in [1.54, 1.807) is 13.8 Å². The van der Waals surface area contributed by atoms with E-state index in [1.807, 2.05) is 24.3 Å². The van der Waals surface area contributed by atoms with E-state index in [0.717, 1.165) is 18.6 Å². The molecule has 1 aromatic heterocycles. The number of nitrogens with one attached hydrogen (secondary N) is 2. The number of hydrogen-bond donors (Lipinski definition) is 2. The van der Waals surface area contributed by atoms with Gasteiger partial charge in [0.25, 0.3) is 5.91 Å². The third-order valence-corrected chi connectivity index (χ3v) is 4.77. The highest BCUT2D eigenvalue weighted by molar-refractivity contribution is 6.06. The molecule has 1 aromatic carbocycles. The summed E-state index contributed by atoms with van der Waals surface area (Å²) >= 11 is 0. The number of amides is 1. The fourth-order valence-electron chi connectivity index (χ4n) is 3.39. The Kier molecular flexibility index (Phi) is 5.30.